The highest BCUT2D eigenvalue weighted by atomic mass is 35.5. The summed E-state index contributed by atoms with van der Waals surface area (Å²) in [5.41, 5.74) is 1.59. The summed E-state index contributed by atoms with van der Waals surface area (Å²) in [7, 11) is 0. The second-order valence-corrected chi connectivity index (χ2v) is 8.54. The number of hydrogen-bond acceptors (Lipinski definition) is 6. The van der Waals surface area contributed by atoms with Gasteiger partial charge in [-0.1, -0.05) is 29.3 Å². The summed E-state index contributed by atoms with van der Waals surface area (Å²) in [6.45, 7) is 2.11. The number of aromatic nitrogens is 1. The molecule has 0 saturated heterocycles. The summed E-state index contributed by atoms with van der Waals surface area (Å²) >= 11 is 13.5. The zero-order valence-corrected chi connectivity index (χ0v) is 18.9. The number of nitrogens with one attached hydrogen (secondary N) is 1. The minimum Gasteiger partial charge on any atom is -0.488 e. The van der Waals surface area contributed by atoms with Crippen LogP contribution in [0, 0.1) is 6.92 Å². The molecule has 0 unspecified atom stereocenters. The molecule has 3 aromatic rings. The molecule has 1 aliphatic heterocycles. The Morgan fingerprint density at radius 1 is 1.33 bits per heavy atom. The molecule has 2 aromatic carbocycles. The number of hydrogen-bond donors (Lipinski definition) is 2. The second-order valence-electron chi connectivity index (χ2n) is 6.51. The minimum atomic E-state index is -0.335. The fourth-order valence-electron chi connectivity index (χ4n) is 3.12. The Morgan fingerprint density at radius 2 is 2.13 bits per heavy atom. The molecule has 10 heteroatoms. The number of ether oxygens (including phenoxy) is 1. The highest BCUT2D eigenvalue weighted by molar-refractivity contribution is 7.15. The first kappa shape index (κ1) is 22.7. The maximum absolute atomic E-state index is 12.9. The highest BCUT2D eigenvalue weighted by Gasteiger charge is 2.32. The molecule has 30 heavy (non-hydrogen) atoms. The molecule has 0 aliphatic carbocycles. The average molecular weight is 487 g/mol. The third-order valence-electron chi connectivity index (χ3n) is 4.49. The monoisotopic (exact) mass is 485 g/mol. The maximum Gasteiger partial charge on any atom is 0.259 e. The van der Waals surface area contributed by atoms with E-state index in [0.717, 1.165) is 10.0 Å². The van der Waals surface area contributed by atoms with Crippen molar-refractivity contribution in [3.63, 3.8) is 0 Å². The van der Waals surface area contributed by atoms with Crippen molar-refractivity contribution in [2.24, 2.45) is 0 Å². The molecule has 1 aliphatic rings. The van der Waals surface area contributed by atoms with Crippen LogP contribution in [-0.2, 0) is 0 Å². The highest BCUT2D eigenvalue weighted by Crippen LogP contribution is 2.42. The quantitative estimate of drug-likeness (QED) is 0.522. The number of thiazole rings is 1. The summed E-state index contributed by atoms with van der Waals surface area (Å²) in [5, 5.41) is 14.2. The Hall–Kier alpha value is -2.03. The Morgan fingerprint density at radius 3 is 2.80 bits per heavy atom. The van der Waals surface area contributed by atoms with Gasteiger partial charge in [0.25, 0.3) is 5.91 Å². The van der Waals surface area contributed by atoms with Crippen molar-refractivity contribution in [2.75, 3.05) is 23.4 Å². The van der Waals surface area contributed by atoms with Crippen LogP contribution in [0.1, 0.15) is 15.2 Å². The van der Waals surface area contributed by atoms with Gasteiger partial charge < -0.3 is 20.1 Å². The molecule has 1 amide bonds. The predicted molar refractivity (Wildman–Crippen MR) is 123 cm³/mol. The van der Waals surface area contributed by atoms with Gasteiger partial charge in [0.2, 0.25) is 0 Å². The van der Waals surface area contributed by atoms with Crippen molar-refractivity contribution in [1.29, 1.82) is 0 Å². The van der Waals surface area contributed by atoms with E-state index < -0.39 is 0 Å². The Labute approximate surface area is 193 Å². The number of benzene rings is 2. The van der Waals surface area contributed by atoms with Gasteiger partial charge >= 0.3 is 0 Å². The van der Waals surface area contributed by atoms with Gasteiger partial charge in [0.15, 0.2) is 10.9 Å². The zero-order chi connectivity index (χ0) is 20.5. The number of rotatable bonds is 4. The van der Waals surface area contributed by atoms with Crippen LogP contribution in [0.25, 0.3) is 0 Å². The van der Waals surface area contributed by atoms with Gasteiger partial charge in [-0.15, -0.1) is 23.7 Å². The molecule has 0 fully saturated rings. The Balaban J connectivity index is 0.00000256. The summed E-state index contributed by atoms with van der Waals surface area (Å²) in [5.74, 6) is 0.112. The van der Waals surface area contributed by atoms with Gasteiger partial charge in [-0.25, -0.2) is 4.98 Å². The van der Waals surface area contributed by atoms with Crippen LogP contribution in [0.2, 0.25) is 10.0 Å². The van der Waals surface area contributed by atoms with Crippen LogP contribution in [-0.4, -0.2) is 35.3 Å². The summed E-state index contributed by atoms with van der Waals surface area (Å²) < 4.78 is 5.89. The minimum absolute atomic E-state index is 0. The van der Waals surface area contributed by atoms with E-state index >= 15 is 0 Å². The number of fused-ring (bicyclic) bond motifs is 1. The smallest absolute Gasteiger partial charge is 0.259 e. The molecular formula is C20H18Cl3N3O3S. The van der Waals surface area contributed by atoms with E-state index in [2.05, 4.69) is 10.3 Å². The van der Waals surface area contributed by atoms with Gasteiger partial charge in [0.05, 0.1) is 33.9 Å². The van der Waals surface area contributed by atoms with Gasteiger partial charge in [-0.3, -0.25) is 4.79 Å². The van der Waals surface area contributed by atoms with Crippen molar-refractivity contribution < 1.29 is 14.6 Å². The lowest BCUT2D eigenvalue weighted by molar-refractivity contribution is 0.102. The standard InChI is InChI=1S/C20H17Cl2N3O3S.ClH/c1-11-8-23-20(29-11)25-13(9-26)10-28-18-14(3-2-4-17(18)25)19(27)24-12-5-6-15(21)16(22)7-12;/h2-8,13,26H,9-10H2,1H3,(H,24,27);1H/t13-;/m0./s1. The molecule has 2 N–H and O–H groups in total. The lowest BCUT2D eigenvalue weighted by Crippen LogP contribution is -2.42. The maximum atomic E-state index is 12.9. The van der Waals surface area contributed by atoms with Crippen molar-refractivity contribution >= 4 is 69.4 Å². The van der Waals surface area contributed by atoms with Gasteiger partial charge in [0.1, 0.15) is 6.61 Å². The number of amides is 1. The number of aliphatic hydroxyl groups excluding tert-OH is 1. The molecule has 158 valence electrons. The number of carbonyl (C=O) groups is 1. The zero-order valence-electron chi connectivity index (χ0n) is 15.8. The fraction of sp³-hybridized carbons (Fsp3) is 0.200. The van der Waals surface area contributed by atoms with E-state index in [1.807, 2.05) is 17.9 Å². The number of nitrogens with zero attached hydrogens (tertiary/aromatic N) is 2. The summed E-state index contributed by atoms with van der Waals surface area (Å²) in [6.07, 6.45) is 1.78. The van der Waals surface area contributed by atoms with E-state index in [0.29, 0.717) is 32.7 Å². The van der Waals surface area contributed by atoms with Crippen LogP contribution in [0.5, 0.6) is 5.75 Å². The number of para-hydroxylation sites is 1. The Bertz CT molecular complexity index is 1080. The molecule has 6 nitrogen and oxygen atoms in total. The second kappa shape index (κ2) is 9.41. The largest absolute Gasteiger partial charge is 0.488 e. The molecule has 0 spiro atoms. The Kier molecular flexibility index (Phi) is 7.10. The molecule has 0 bridgehead atoms. The first-order valence-electron chi connectivity index (χ1n) is 8.82. The molecule has 0 radical (unpaired) electrons. The topological polar surface area (TPSA) is 74.7 Å². The number of aliphatic hydroxyl groups is 1. The molecule has 4 rings (SSSR count). The number of anilines is 3. The van der Waals surface area contributed by atoms with E-state index in [1.165, 1.54) is 11.3 Å². The molecular weight excluding hydrogens is 469 g/mol. The molecule has 0 saturated carbocycles. The number of carbonyl (C=O) groups excluding carboxylic acids is 1. The summed E-state index contributed by atoms with van der Waals surface area (Å²) in [6, 6.07) is 9.91. The first-order valence-corrected chi connectivity index (χ1v) is 10.4. The van der Waals surface area contributed by atoms with Gasteiger partial charge in [-0.2, -0.15) is 0 Å². The van der Waals surface area contributed by atoms with E-state index in [1.54, 1.807) is 36.5 Å². The SMILES string of the molecule is Cc1cnc(N2c3cccc(C(=O)Nc4ccc(Cl)c(Cl)c4)c3OC[C@@H]2CO)s1.Cl. The van der Waals surface area contributed by atoms with Gasteiger partial charge in [-0.05, 0) is 37.3 Å². The molecule has 1 aromatic heterocycles. The van der Waals surface area contributed by atoms with Crippen molar-refractivity contribution in [1.82, 2.24) is 4.98 Å². The molecule has 1 atom stereocenters. The number of aryl methyl sites for hydroxylation is 1. The van der Waals surface area contributed by atoms with Crippen LogP contribution in [0.15, 0.2) is 42.6 Å². The van der Waals surface area contributed by atoms with E-state index in [-0.39, 0.29) is 37.6 Å². The van der Waals surface area contributed by atoms with Crippen molar-refractivity contribution in [3.05, 3.63) is 63.1 Å². The van der Waals surface area contributed by atoms with Crippen LogP contribution in [0.4, 0.5) is 16.5 Å². The first-order chi connectivity index (χ1) is 14.0. The number of halogens is 3. The van der Waals surface area contributed by atoms with E-state index in [9.17, 15) is 9.90 Å². The van der Waals surface area contributed by atoms with Crippen LogP contribution >= 0.6 is 46.9 Å². The van der Waals surface area contributed by atoms with Crippen LogP contribution < -0.4 is 15.0 Å². The van der Waals surface area contributed by atoms with E-state index in [4.69, 9.17) is 27.9 Å². The van der Waals surface area contributed by atoms with Crippen molar-refractivity contribution in [2.45, 2.75) is 13.0 Å². The fourth-order valence-corrected chi connectivity index (χ4v) is 4.26. The third-order valence-corrected chi connectivity index (χ3v) is 6.14. The summed E-state index contributed by atoms with van der Waals surface area (Å²) in [4.78, 5) is 20.4. The normalized spacial score (nSPS) is 15.1. The van der Waals surface area contributed by atoms with Gasteiger partial charge in [0, 0.05) is 16.8 Å². The lowest BCUT2D eigenvalue weighted by Gasteiger charge is -2.36. The van der Waals surface area contributed by atoms with Crippen LogP contribution in [0.3, 0.4) is 0 Å². The third kappa shape index (κ3) is 4.36. The lowest BCUT2D eigenvalue weighted by atomic mass is 10.1. The average Bonchev–Trinajstić information content (AvgIpc) is 3.15. The predicted octanol–water partition coefficient (Wildman–Crippen LogP) is 5.32. The molecule has 2 heterocycles. The van der Waals surface area contributed by atoms with Crippen molar-refractivity contribution in [3.8, 4) is 5.75 Å².